The number of benzene rings is 2. The minimum Gasteiger partial charge on any atom is -0.493 e. The van der Waals surface area contributed by atoms with Crippen LogP contribution in [-0.2, 0) is 11.2 Å². The summed E-state index contributed by atoms with van der Waals surface area (Å²) in [5.41, 5.74) is 3.80. The molecule has 29 heavy (non-hydrogen) atoms. The largest absolute Gasteiger partial charge is 0.493 e. The zero-order valence-electron chi connectivity index (χ0n) is 16.3. The van der Waals surface area contributed by atoms with Crippen LogP contribution in [0.2, 0.25) is 0 Å². The molecule has 3 aromatic rings. The van der Waals surface area contributed by atoms with Gasteiger partial charge < -0.3 is 24.1 Å². The van der Waals surface area contributed by atoms with Gasteiger partial charge in [0.15, 0.2) is 5.58 Å². The highest BCUT2D eigenvalue weighted by Gasteiger charge is 2.23. The second-order valence-corrected chi connectivity index (χ2v) is 7.50. The van der Waals surface area contributed by atoms with E-state index in [-0.39, 0.29) is 12.0 Å². The van der Waals surface area contributed by atoms with Crippen molar-refractivity contribution in [3.63, 3.8) is 0 Å². The molecule has 0 radical (unpaired) electrons. The average molecular weight is 393 g/mol. The Hall–Kier alpha value is -3.06. The standard InChI is InChI=1S/C22H23N3O4/c1-27-17-3-2-9-25(13-17)22-24-18-12-16(5-7-20(18)29-22)23-21(26)15-4-6-19-14(11-15)8-10-28-19/h4-7,11-12,17H,2-3,8-10,13H2,1H3,(H,23,26). The van der Waals surface area contributed by atoms with Gasteiger partial charge in [-0.2, -0.15) is 4.98 Å². The maximum atomic E-state index is 12.7. The van der Waals surface area contributed by atoms with Crippen molar-refractivity contribution in [2.45, 2.75) is 25.4 Å². The number of oxazole rings is 1. The quantitative estimate of drug-likeness (QED) is 0.729. The molecule has 150 valence electrons. The van der Waals surface area contributed by atoms with Gasteiger partial charge in [0, 0.05) is 37.9 Å². The van der Waals surface area contributed by atoms with Gasteiger partial charge in [0.05, 0.1) is 12.7 Å². The normalized spacial score (nSPS) is 18.5. The Labute approximate surface area is 168 Å². The first-order chi connectivity index (χ1) is 14.2. The van der Waals surface area contributed by atoms with Crippen molar-refractivity contribution in [3.05, 3.63) is 47.5 Å². The second kappa shape index (κ2) is 7.40. The first-order valence-corrected chi connectivity index (χ1v) is 9.95. The second-order valence-electron chi connectivity index (χ2n) is 7.50. The predicted octanol–water partition coefficient (Wildman–Crippen LogP) is 3.63. The molecule has 1 atom stereocenters. The number of nitrogens with one attached hydrogen (secondary N) is 1. The topological polar surface area (TPSA) is 76.8 Å². The van der Waals surface area contributed by atoms with E-state index in [0.717, 1.165) is 49.2 Å². The van der Waals surface area contributed by atoms with Gasteiger partial charge in [0.2, 0.25) is 0 Å². The van der Waals surface area contributed by atoms with E-state index < -0.39 is 0 Å². The molecular formula is C22H23N3O4. The Bertz CT molecular complexity index is 1060. The maximum Gasteiger partial charge on any atom is 0.298 e. The van der Waals surface area contributed by atoms with E-state index in [1.165, 1.54) is 0 Å². The highest BCUT2D eigenvalue weighted by molar-refractivity contribution is 6.05. The third-order valence-corrected chi connectivity index (χ3v) is 5.57. The van der Waals surface area contributed by atoms with Gasteiger partial charge in [-0.25, -0.2) is 0 Å². The van der Waals surface area contributed by atoms with Gasteiger partial charge in [0.1, 0.15) is 11.3 Å². The van der Waals surface area contributed by atoms with Crippen molar-refractivity contribution in [1.29, 1.82) is 0 Å². The molecule has 2 aromatic carbocycles. The van der Waals surface area contributed by atoms with Crippen molar-refractivity contribution in [2.75, 3.05) is 37.0 Å². The van der Waals surface area contributed by atoms with Crippen molar-refractivity contribution in [3.8, 4) is 5.75 Å². The van der Waals surface area contributed by atoms with Crippen LogP contribution >= 0.6 is 0 Å². The predicted molar refractivity (Wildman–Crippen MR) is 110 cm³/mol. The van der Waals surface area contributed by atoms with Crippen LogP contribution in [-0.4, -0.2) is 43.8 Å². The number of aromatic nitrogens is 1. The summed E-state index contributed by atoms with van der Waals surface area (Å²) >= 11 is 0. The van der Waals surface area contributed by atoms with Crippen molar-refractivity contribution < 1.29 is 18.7 Å². The molecule has 1 aromatic heterocycles. The molecule has 1 saturated heterocycles. The van der Waals surface area contributed by atoms with Crippen LogP contribution in [0.25, 0.3) is 11.1 Å². The van der Waals surface area contributed by atoms with Crippen LogP contribution in [0.15, 0.2) is 40.8 Å². The van der Waals surface area contributed by atoms with Crippen molar-refractivity contribution in [1.82, 2.24) is 4.98 Å². The van der Waals surface area contributed by atoms with Gasteiger partial charge in [-0.3, -0.25) is 4.79 Å². The van der Waals surface area contributed by atoms with E-state index >= 15 is 0 Å². The van der Waals surface area contributed by atoms with Gasteiger partial charge in [-0.05, 0) is 54.8 Å². The van der Waals surface area contributed by atoms with Gasteiger partial charge in [-0.1, -0.05) is 0 Å². The lowest BCUT2D eigenvalue weighted by Gasteiger charge is -2.30. The fourth-order valence-corrected chi connectivity index (χ4v) is 3.96. The summed E-state index contributed by atoms with van der Waals surface area (Å²) in [5.74, 6) is 0.716. The number of piperidine rings is 1. The Morgan fingerprint density at radius 1 is 1.28 bits per heavy atom. The van der Waals surface area contributed by atoms with Gasteiger partial charge >= 0.3 is 0 Å². The summed E-state index contributed by atoms with van der Waals surface area (Å²) in [6.07, 6.45) is 3.14. The van der Waals surface area contributed by atoms with Crippen LogP contribution in [0, 0.1) is 0 Å². The molecule has 3 heterocycles. The number of fused-ring (bicyclic) bond motifs is 2. The fraction of sp³-hybridized carbons (Fsp3) is 0.364. The number of hydrogen-bond donors (Lipinski definition) is 1. The molecule has 1 amide bonds. The number of rotatable bonds is 4. The molecule has 7 heteroatoms. The number of nitrogens with zero attached hydrogens (tertiary/aromatic N) is 2. The maximum absolute atomic E-state index is 12.7. The van der Waals surface area contributed by atoms with Crippen LogP contribution in [0.5, 0.6) is 5.75 Å². The highest BCUT2D eigenvalue weighted by atomic mass is 16.5. The van der Waals surface area contributed by atoms with E-state index in [9.17, 15) is 4.79 Å². The summed E-state index contributed by atoms with van der Waals surface area (Å²) < 4.78 is 16.9. The molecule has 0 aliphatic carbocycles. The molecule has 2 aliphatic rings. The lowest BCUT2D eigenvalue weighted by molar-refractivity contribution is 0.0880. The van der Waals surface area contributed by atoms with Crippen molar-refractivity contribution >= 4 is 28.7 Å². The summed E-state index contributed by atoms with van der Waals surface area (Å²) in [6, 6.07) is 11.7. The third-order valence-electron chi connectivity index (χ3n) is 5.57. The molecular weight excluding hydrogens is 370 g/mol. The zero-order valence-corrected chi connectivity index (χ0v) is 16.3. The summed E-state index contributed by atoms with van der Waals surface area (Å²) in [4.78, 5) is 19.4. The number of hydrogen-bond acceptors (Lipinski definition) is 6. The molecule has 0 spiro atoms. The minimum absolute atomic E-state index is 0.151. The molecule has 7 nitrogen and oxygen atoms in total. The summed E-state index contributed by atoms with van der Waals surface area (Å²) in [5, 5.41) is 2.95. The Morgan fingerprint density at radius 3 is 3.10 bits per heavy atom. The fourth-order valence-electron chi connectivity index (χ4n) is 3.96. The Balaban J connectivity index is 1.34. The number of carbonyl (C=O) groups is 1. The molecule has 1 N–H and O–H groups in total. The monoisotopic (exact) mass is 393 g/mol. The lowest BCUT2D eigenvalue weighted by atomic mass is 10.1. The number of anilines is 2. The average Bonchev–Trinajstić information content (AvgIpc) is 3.39. The molecule has 1 unspecified atom stereocenters. The van der Waals surface area contributed by atoms with E-state index in [2.05, 4.69) is 15.2 Å². The summed E-state index contributed by atoms with van der Waals surface area (Å²) in [6.45, 7) is 2.35. The van der Waals surface area contributed by atoms with Gasteiger partial charge in [-0.15, -0.1) is 0 Å². The number of amides is 1. The summed E-state index contributed by atoms with van der Waals surface area (Å²) in [7, 11) is 1.74. The van der Waals surface area contributed by atoms with Crippen LogP contribution < -0.4 is 15.0 Å². The molecule has 5 rings (SSSR count). The Kier molecular flexibility index (Phi) is 4.60. The number of methoxy groups -OCH3 is 1. The van der Waals surface area contributed by atoms with Gasteiger partial charge in [0.25, 0.3) is 11.9 Å². The van der Waals surface area contributed by atoms with E-state index in [4.69, 9.17) is 13.9 Å². The number of ether oxygens (including phenoxy) is 2. The Morgan fingerprint density at radius 2 is 2.21 bits per heavy atom. The van der Waals surface area contributed by atoms with E-state index in [0.29, 0.717) is 29.5 Å². The van der Waals surface area contributed by atoms with Crippen molar-refractivity contribution in [2.24, 2.45) is 0 Å². The minimum atomic E-state index is -0.151. The first kappa shape index (κ1) is 18.0. The van der Waals surface area contributed by atoms with E-state index in [1.807, 2.05) is 30.3 Å². The molecule has 0 saturated carbocycles. The smallest absolute Gasteiger partial charge is 0.298 e. The molecule has 0 bridgehead atoms. The SMILES string of the molecule is COC1CCCN(c2nc3cc(NC(=O)c4ccc5c(c4)CCO5)ccc3o2)C1. The van der Waals surface area contributed by atoms with Crippen LogP contribution in [0.1, 0.15) is 28.8 Å². The molecule has 1 fully saturated rings. The zero-order chi connectivity index (χ0) is 19.8. The van der Waals surface area contributed by atoms with Crippen LogP contribution in [0.4, 0.5) is 11.7 Å². The third kappa shape index (κ3) is 3.53. The lowest BCUT2D eigenvalue weighted by Crippen LogP contribution is -2.39. The first-order valence-electron chi connectivity index (χ1n) is 9.95. The number of carbonyl (C=O) groups excluding carboxylic acids is 1. The van der Waals surface area contributed by atoms with E-state index in [1.54, 1.807) is 13.2 Å². The highest BCUT2D eigenvalue weighted by Crippen LogP contribution is 2.28. The van der Waals surface area contributed by atoms with Crippen LogP contribution in [0.3, 0.4) is 0 Å². The molecule has 2 aliphatic heterocycles.